The molecule has 0 saturated heterocycles. The van der Waals surface area contributed by atoms with Crippen LogP contribution in [0.5, 0.6) is 0 Å². The second-order valence-electron chi connectivity index (χ2n) is 4.48. The fourth-order valence-corrected chi connectivity index (χ4v) is 3.59. The topological polar surface area (TPSA) is 51.8 Å². The summed E-state index contributed by atoms with van der Waals surface area (Å²) in [4.78, 5) is 8.69. The van der Waals surface area contributed by atoms with E-state index in [1.165, 1.54) is 25.7 Å². The Labute approximate surface area is 105 Å². The fourth-order valence-electron chi connectivity index (χ4n) is 2.31. The van der Waals surface area contributed by atoms with Crippen LogP contribution in [0.25, 0.3) is 10.9 Å². The van der Waals surface area contributed by atoms with E-state index >= 15 is 0 Å². The van der Waals surface area contributed by atoms with Crippen molar-refractivity contribution in [3.05, 3.63) is 24.5 Å². The van der Waals surface area contributed by atoms with Gasteiger partial charge in [0.15, 0.2) is 0 Å². The van der Waals surface area contributed by atoms with Crippen molar-refractivity contribution in [2.24, 2.45) is 0 Å². The van der Waals surface area contributed by atoms with Gasteiger partial charge in [-0.25, -0.2) is 9.97 Å². The van der Waals surface area contributed by atoms with Crippen LogP contribution >= 0.6 is 11.8 Å². The van der Waals surface area contributed by atoms with Crippen LogP contribution in [-0.4, -0.2) is 15.2 Å². The zero-order valence-electron chi connectivity index (χ0n) is 9.60. The number of rotatable bonds is 2. The molecular weight excluding hydrogens is 230 g/mol. The van der Waals surface area contributed by atoms with E-state index in [4.69, 9.17) is 5.73 Å². The number of hydrogen-bond acceptors (Lipinski definition) is 4. The zero-order chi connectivity index (χ0) is 11.7. The Morgan fingerprint density at radius 1 is 1.18 bits per heavy atom. The Hall–Kier alpha value is -1.29. The van der Waals surface area contributed by atoms with E-state index < -0.39 is 0 Å². The van der Waals surface area contributed by atoms with Crippen molar-refractivity contribution in [2.45, 2.75) is 36.0 Å². The van der Waals surface area contributed by atoms with Gasteiger partial charge in [-0.3, -0.25) is 0 Å². The van der Waals surface area contributed by atoms with Crippen molar-refractivity contribution in [1.29, 1.82) is 0 Å². The molecule has 3 nitrogen and oxygen atoms in total. The number of anilines is 1. The van der Waals surface area contributed by atoms with Crippen molar-refractivity contribution in [2.75, 3.05) is 5.73 Å². The van der Waals surface area contributed by atoms with Crippen LogP contribution in [0.15, 0.2) is 29.6 Å². The van der Waals surface area contributed by atoms with Crippen LogP contribution in [0.2, 0.25) is 0 Å². The van der Waals surface area contributed by atoms with Crippen LogP contribution in [0.1, 0.15) is 25.7 Å². The van der Waals surface area contributed by atoms with Gasteiger partial charge in [0, 0.05) is 16.3 Å². The molecule has 0 amide bonds. The first kappa shape index (κ1) is 10.8. The van der Waals surface area contributed by atoms with Crippen molar-refractivity contribution >= 4 is 28.4 Å². The lowest BCUT2D eigenvalue weighted by Gasteiger charge is -2.09. The molecule has 2 aromatic rings. The Bertz CT molecular complexity index is 535. The van der Waals surface area contributed by atoms with E-state index in [0.29, 0.717) is 0 Å². The van der Waals surface area contributed by atoms with Crippen molar-refractivity contribution in [3.8, 4) is 0 Å². The number of fused-ring (bicyclic) bond motifs is 1. The van der Waals surface area contributed by atoms with Crippen LogP contribution in [0.4, 0.5) is 5.69 Å². The second kappa shape index (κ2) is 4.53. The average molecular weight is 245 g/mol. The lowest BCUT2D eigenvalue weighted by Crippen LogP contribution is -1.96. The molecule has 0 atom stereocenters. The summed E-state index contributed by atoms with van der Waals surface area (Å²) in [6, 6.07) is 5.83. The SMILES string of the molecule is Nc1ccc2ncnc(SC3CCCC3)c2c1. The third-order valence-corrected chi connectivity index (χ3v) is 4.56. The quantitative estimate of drug-likeness (QED) is 0.652. The van der Waals surface area contributed by atoms with Crippen LogP contribution in [0.3, 0.4) is 0 Å². The van der Waals surface area contributed by atoms with Gasteiger partial charge in [-0.2, -0.15) is 0 Å². The maximum Gasteiger partial charge on any atom is 0.117 e. The van der Waals surface area contributed by atoms with Crippen molar-refractivity contribution < 1.29 is 0 Å². The number of benzene rings is 1. The predicted octanol–water partition coefficient (Wildman–Crippen LogP) is 3.25. The van der Waals surface area contributed by atoms with E-state index in [-0.39, 0.29) is 0 Å². The lowest BCUT2D eigenvalue weighted by atomic mass is 10.2. The summed E-state index contributed by atoms with van der Waals surface area (Å²) in [5.74, 6) is 0. The first-order valence-electron chi connectivity index (χ1n) is 6.00. The molecule has 1 aromatic heterocycles. The highest BCUT2D eigenvalue weighted by atomic mass is 32.2. The average Bonchev–Trinajstić information content (AvgIpc) is 2.83. The molecule has 2 N–H and O–H groups in total. The smallest absolute Gasteiger partial charge is 0.117 e. The van der Waals surface area contributed by atoms with E-state index in [1.54, 1.807) is 6.33 Å². The number of thioether (sulfide) groups is 1. The Morgan fingerprint density at radius 3 is 2.82 bits per heavy atom. The Balaban J connectivity index is 1.99. The molecule has 1 heterocycles. The third kappa shape index (κ3) is 2.22. The molecule has 0 bridgehead atoms. The molecule has 1 aliphatic rings. The Kier molecular flexibility index (Phi) is 2.89. The molecule has 0 aliphatic heterocycles. The van der Waals surface area contributed by atoms with E-state index in [0.717, 1.165) is 26.9 Å². The standard InChI is InChI=1S/C13H15N3S/c14-9-5-6-12-11(7-9)13(16-8-15-12)17-10-3-1-2-4-10/h5-8,10H,1-4,14H2. The summed E-state index contributed by atoms with van der Waals surface area (Å²) in [6.07, 6.45) is 6.96. The van der Waals surface area contributed by atoms with Gasteiger partial charge < -0.3 is 5.73 Å². The van der Waals surface area contributed by atoms with Gasteiger partial charge in [0.05, 0.1) is 5.52 Å². The molecule has 1 aliphatic carbocycles. The van der Waals surface area contributed by atoms with Gasteiger partial charge in [0.25, 0.3) is 0 Å². The van der Waals surface area contributed by atoms with E-state index in [9.17, 15) is 0 Å². The molecule has 1 fully saturated rings. The Morgan fingerprint density at radius 2 is 2.00 bits per heavy atom. The molecule has 0 unspecified atom stereocenters. The number of aromatic nitrogens is 2. The summed E-state index contributed by atoms with van der Waals surface area (Å²) in [6.45, 7) is 0. The summed E-state index contributed by atoms with van der Waals surface area (Å²) < 4.78 is 0. The molecule has 4 heteroatoms. The third-order valence-electron chi connectivity index (χ3n) is 3.20. The molecule has 1 aromatic carbocycles. The minimum Gasteiger partial charge on any atom is -0.399 e. The van der Waals surface area contributed by atoms with Crippen molar-refractivity contribution in [3.63, 3.8) is 0 Å². The van der Waals surface area contributed by atoms with Gasteiger partial charge >= 0.3 is 0 Å². The number of nitrogens with two attached hydrogens (primary N) is 1. The van der Waals surface area contributed by atoms with Gasteiger partial charge in [-0.1, -0.05) is 12.8 Å². The van der Waals surface area contributed by atoms with Crippen LogP contribution in [-0.2, 0) is 0 Å². The summed E-state index contributed by atoms with van der Waals surface area (Å²) >= 11 is 1.88. The molecular formula is C13H15N3S. The minimum atomic E-state index is 0.717. The summed E-state index contributed by atoms with van der Waals surface area (Å²) in [5.41, 5.74) is 7.60. The first-order chi connectivity index (χ1) is 8.33. The minimum absolute atomic E-state index is 0.717. The first-order valence-corrected chi connectivity index (χ1v) is 6.88. The second-order valence-corrected chi connectivity index (χ2v) is 5.77. The van der Waals surface area contributed by atoms with Crippen LogP contribution < -0.4 is 5.73 Å². The predicted molar refractivity (Wildman–Crippen MR) is 72.1 cm³/mol. The van der Waals surface area contributed by atoms with Crippen molar-refractivity contribution in [1.82, 2.24) is 9.97 Å². The van der Waals surface area contributed by atoms with E-state index in [1.807, 2.05) is 30.0 Å². The molecule has 3 rings (SSSR count). The molecule has 0 spiro atoms. The molecule has 0 radical (unpaired) electrons. The maximum atomic E-state index is 5.84. The molecule has 88 valence electrons. The molecule has 1 saturated carbocycles. The van der Waals surface area contributed by atoms with Gasteiger partial charge in [-0.05, 0) is 31.0 Å². The highest BCUT2D eigenvalue weighted by Gasteiger charge is 2.18. The normalized spacial score (nSPS) is 16.7. The largest absolute Gasteiger partial charge is 0.399 e. The number of hydrogen-bond donors (Lipinski definition) is 1. The van der Waals surface area contributed by atoms with Crippen LogP contribution in [0, 0.1) is 0 Å². The fraction of sp³-hybridized carbons (Fsp3) is 0.385. The van der Waals surface area contributed by atoms with E-state index in [2.05, 4.69) is 9.97 Å². The maximum absolute atomic E-state index is 5.84. The highest BCUT2D eigenvalue weighted by Crippen LogP contribution is 2.36. The number of nitrogen functional groups attached to an aromatic ring is 1. The van der Waals surface area contributed by atoms with Gasteiger partial charge in [0.2, 0.25) is 0 Å². The highest BCUT2D eigenvalue weighted by molar-refractivity contribution is 8.00. The lowest BCUT2D eigenvalue weighted by molar-refractivity contribution is 0.886. The molecule has 17 heavy (non-hydrogen) atoms. The number of nitrogens with zero attached hydrogens (tertiary/aromatic N) is 2. The van der Waals surface area contributed by atoms with Gasteiger partial charge in [0.1, 0.15) is 11.4 Å². The monoisotopic (exact) mass is 245 g/mol. The summed E-state index contributed by atoms with van der Waals surface area (Å²) in [7, 11) is 0. The van der Waals surface area contributed by atoms with Gasteiger partial charge in [-0.15, -0.1) is 11.8 Å². The zero-order valence-corrected chi connectivity index (χ0v) is 10.4. The summed E-state index contributed by atoms with van der Waals surface area (Å²) in [5, 5.41) is 2.88.